The Hall–Kier alpha value is -2.01. The Balaban J connectivity index is 2.40. The maximum atomic E-state index is 11.3. The molecule has 9 nitrogen and oxygen atoms in total. The molecule has 1 atom stereocenters. The Morgan fingerprint density at radius 2 is 2.15 bits per heavy atom. The second kappa shape index (κ2) is 5.17. The highest BCUT2D eigenvalue weighted by Crippen LogP contribution is 2.34. The van der Waals surface area contributed by atoms with Gasteiger partial charge < -0.3 is 10.1 Å². The molecular weight excluding hydrogens is 306 g/mol. The van der Waals surface area contributed by atoms with Crippen LogP contribution in [0.2, 0.25) is 0 Å². The lowest BCUT2D eigenvalue weighted by Crippen LogP contribution is -2.32. The Morgan fingerprint density at radius 1 is 1.45 bits per heavy atom. The van der Waals surface area contributed by atoms with Gasteiger partial charge in [-0.05, 0) is 4.92 Å². The molecule has 0 aliphatic rings. The average molecular weight is 315 g/mol. The molecule has 20 heavy (non-hydrogen) atoms. The minimum atomic E-state index is -1.76. The van der Waals surface area contributed by atoms with E-state index >= 15 is 0 Å². The molecule has 0 aromatic carbocycles. The first-order chi connectivity index (χ1) is 9.36. The third-order valence-corrected chi connectivity index (χ3v) is 4.34. The van der Waals surface area contributed by atoms with Crippen LogP contribution in [0.4, 0.5) is 5.82 Å². The highest BCUT2D eigenvalue weighted by atomic mass is 32.1. The Labute approximate surface area is 122 Å². The molecule has 0 saturated heterocycles. The molecule has 2 aromatic rings. The van der Waals surface area contributed by atoms with Crippen LogP contribution in [0, 0.1) is 20.2 Å². The predicted octanol–water partition coefficient (Wildman–Crippen LogP) is 1.39. The molecule has 106 valence electrons. The van der Waals surface area contributed by atoms with Gasteiger partial charge in [0, 0.05) is 16.5 Å². The summed E-state index contributed by atoms with van der Waals surface area (Å²) in [7, 11) is 1.43. The molecule has 2 aromatic heterocycles. The van der Waals surface area contributed by atoms with E-state index < -0.39 is 14.7 Å². The van der Waals surface area contributed by atoms with Crippen LogP contribution in [0.15, 0.2) is 17.8 Å². The largest absolute Gasteiger partial charge is 0.358 e. The molecule has 0 aliphatic heterocycles. The first-order valence-electron chi connectivity index (χ1n) is 5.28. The lowest BCUT2D eigenvalue weighted by atomic mass is 10.2. The van der Waals surface area contributed by atoms with Gasteiger partial charge in [-0.25, -0.2) is 14.5 Å². The monoisotopic (exact) mass is 315 g/mol. The summed E-state index contributed by atoms with van der Waals surface area (Å²) in [4.78, 5) is 26.9. The van der Waals surface area contributed by atoms with E-state index in [1.165, 1.54) is 17.8 Å². The van der Waals surface area contributed by atoms with E-state index in [2.05, 4.69) is 22.6 Å². The maximum Gasteiger partial charge on any atom is 0.342 e. The SMILES string of the molecule is Cn1c([N+](=O)[O-])cnc1CC(S)(c1nccs1)[N+](=O)[O-]. The van der Waals surface area contributed by atoms with Gasteiger partial charge in [0.1, 0.15) is 12.6 Å². The summed E-state index contributed by atoms with van der Waals surface area (Å²) in [5.74, 6) is -0.0447. The van der Waals surface area contributed by atoms with Crippen molar-refractivity contribution in [1.29, 1.82) is 0 Å². The van der Waals surface area contributed by atoms with Crippen molar-refractivity contribution in [3.63, 3.8) is 0 Å². The molecule has 0 aliphatic carbocycles. The van der Waals surface area contributed by atoms with Crippen LogP contribution in [0.1, 0.15) is 10.8 Å². The maximum absolute atomic E-state index is 11.3. The molecule has 0 saturated carbocycles. The van der Waals surface area contributed by atoms with Gasteiger partial charge in [-0.3, -0.25) is 10.1 Å². The molecule has 1 unspecified atom stereocenters. The van der Waals surface area contributed by atoms with Crippen molar-refractivity contribution in [2.45, 2.75) is 11.3 Å². The van der Waals surface area contributed by atoms with Crippen LogP contribution in [0.3, 0.4) is 0 Å². The summed E-state index contributed by atoms with van der Waals surface area (Å²) in [6.45, 7) is 0. The van der Waals surface area contributed by atoms with Crippen LogP contribution >= 0.6 is 24.0 Å². The van der Waals surface area contributed by atoms with E-state index in [-0.39, 0.29) is 23.1 Å². The lowest BCUT2D eigenvalue weighted by Gasteiger charge is -2.15. The van der Waals surface area contributed by atoms with Crippen molar-refractivity contribution in [2.24, 2.45) is 7.05 Å². The standard InChI is InChI=1S/C9H9N5O4S2/c1-12-6(11-5-7(12)13(15)16)4-9(19,14(17)18)8-10-2-3-20-8/h2-3,5,19H,4H2,1H3. The van der Waals surface area contributed by atoms with Crippen LogP contribution in [0.5, 0.6) is 0 Å². The van der Waals surface area contributed by atoms with Gasteiger partial charge in [0.2, 0.25) is 5.82 Å². The molecule has 0 fully saturated rings. The normalized spacial score (nSPS) is 13.9. The first-order valence-corrected chi connectivity index (χ1v) is 6.60. The van der Waals surface area contributed by atoms with Crippen molar-refractivity contribution in [3.8, 4) is 0 Å². The van der Waals surface area contributed by atoms with E-state index in [1.54, 1.807) is 5.38 Å². The minimum Gasteiger partial charge on any atom is -0.358 e. The number of thiol groups is 1. The molecule has 0 bridgehead atoms. The van der Waals surface area contributed by atoms with E-state index in [0.717, 1.165) is 17.5 Å². The van der Waals surface area contributed by atoms with Gasteiger partial charge in [-0.1, -0.05) is 12.6 Å². The van der Waals surface area contributed by atoms with Crippen molar-refractivity contribution >= 4 is 29.8 Å². The Kier molecular flexibility index (Phi) is 3.72. The van der Waals surface area contributed by atoms with Gasteiger partial charge in [-0.15, -0.1) is 11.3 Å². The third kappa shape index (κ3) is 2.36. The number of rotatable bonds is 5. The number of imidazole rings is 1. The number of hydrogen-bond acceptors (Lipinski definition) is 8. The van der Waals surface area contributed by atoms with E-state index in [1.807, 2.05) is 0 Å². The Bertz CT molecular complexity index is 655. The van der Waals surface area contributed by atoms with Crippen LogP contribution < -0.4 is 0 Å². The van der Waals surface area contributed by atoms with Gasteiger partial charge >= 0.3 is 10.7 Å². The number of aromatic nitrogens is 3. The molecule has 2 heterocycles. The number of hydrogen-bond donors (Lipinski definition) is 1. The molecule has 11 heteroatoms. The van der Waals surface area contributed by atoms with Crippen LogP contribution in [0.25, 0.3) is 0 Å². The fraction of sp³-hybridized carbons (Fsp3) is 0.333. The van der Waals surface area contributed by atoms with Crippen molar-refractivity contribution in [3.05, 3.63) is 48.8 Å². The molecule has 0 radical (unpaired) electrons. The van der Waals surface area contributed by atoms with Gasteiger partial charge in [-0.2, -0.15) is 0 Å². The van der Waals surface area contributed by atoms with Crippen molar-refractivity contribution in [2.75, 3.05) is 0 Å². The van der Waals surface area contributed by atoms with Gasteiger partial charge in [0.15, 0.2) is 5.01 Å². The average Bonchev–Trinajstić information content (AvgIpc) is 3.00. The summed E-state index contributed by atoms with van der Waals surface area (Å²) in [6.07, 6.45) is 2.29. The van der Waals surface area contributed by atoms with E-state index in [9.17, 15) is 20.2 Å². The molecule has 0 spiro atoms. The quantitative estimate of drug-likeness (QED) is 0.385. The van der Waals surface area contributed by atoms with Crippen LogP contribution in [-0.2, 0) is 18.3 Å². The van der Waals surface area contributed by atoms with E-state index in [4.69, 9.17) is 0 Å². The summed E-state index contributed by atoms with van der Waals surface area (Å²) >= 11 is 5.21. The molecule has 0 amide bonds. The van der Waals surface area contributed by atoms with Gasteiger partial charge in [0.25, 0.3) is 0 Å². The second-order valence-corrected chi connectivity index (χ2v) is 5.57. The zero-order valence-electron chi connectivity index (χ0n) is 10.2. The minimum absolute atomic E-state index is 0.193. The fourth-order valence-corrected chi connectivity index (χ4v) is 2.70. The highest BCUT2D eigenvalue weighted by Gasteiger charge is 2.46. The van der Waals surface area contributed by atoms with Crippen molar-refractivity contribution in [1.82, 2.24) is 14.5 Å². The Morgan fingerprint density at radius 3 is 2.60 bits per heavy atom. The summed E-state index contributed by atoms with van der Waals surface area (Å²) < 4.78 is 1.20. The predicted molar refractivity (Wildman–Crippen MR) is 73.3 cm³/mol. The summed E-state index contributed by atoms with van der Waals surface area (Å²) in [6, 6.07) is 0. The zero-order valence-corrected chi connectivity index (χ0v) is 11.9. The highest BCUT2D eigenvalue weighted by molar-refractivity contribution is 7.81. The number of thiazole rings is 1. The molecule has 0 N–H and O–H groups in total. The van der Waals surface area contributed by atoms with E-state index in [0.29, 0.717) is 0 Å². The third-order valence-electron chi connectivity index (χ3n) is 2.73. The number of nitrogens with zero attached hydrogens (tertiary/aromatic N) is 5. The smallest absolute Gasteiger partial charge is 0.342 e. The first kappa shape index (κ1) is 14.4. The molecule has 2 rings (SSSR count). The van der Waals surface area contributed by atoms with Crippen LogP contribution in [-0.4, -0.2) is 24.4 Å². The molecular formula is C9H9N5O4S2. The fourth-order valence-electron chi connectivity index (χ4n) is 1.63. The number of nitro groups is 2. The summed E-state index contributed by atoms with van der Waals surface area (Å²) in [5.41, 5.74) is 0. The van der Waals surface area contributed by atoms with Gasteiger partial charge in [0.05, 0.1) is 7.05 Å². The summed E-state index contributed by atoms with van der Waals surface area (Å²) in [5, 5.41) is 23.9. The second-order valence-electron chi connectivity index (χ2n) is 3.94. The topological polar surface area (TPSA) is 117 Å². The van der Waals surface area contributed by atoms with Crippen molar-refractivity contribution < 1.29 is 9.85 Å². The zero-order chi connectivity index (χ0) is 14.9. The lowest BCUT2D eigenvalue weighted by molar-refractivity contribution is -0.545.